The van der Waals surface area contributed by atoms with Gasteiger partial charge in [0.25, 0.3) is 0 Å². The second-order valence-corrected chi connectivity index (χ2v) is 7.30. The predicted molar refractivity (Wildman–Crippen MR) is 108 cm³/mol. The van der Waals surface area contributed by atoms with Gasteiger partial charge in [0, 0.05) is 37.8 Å². The minimum Gasteiger partial charge on any atom is -0.309 e. The molecule has 3 rings (SSSR count). The third-order valence-corrected chi connectivity index (χ3v) is 5.32. The van der Waals surface area contributed by atoms with Crippen molar-refractivity contribution in [2.45, 2.75) is 45.1 Å². The van der Waals surface area contributed by atoms with E-state index in [-0.39, 0.29) is 17.8 Å². The SMILES string of the molecule is CCCC(=O)N(c1ccc(F)cc1)C1CCN(CC[13c]2[13cH][13cH][13cH][13cH][13cH]2)CC1. The summed E-state index contributed by atoms with van der Waals surface area (Å²) in [5.74, 6) is -0.121. The molecule has 0 unspecified atom stereocenters. The van der Waals surface area contributed by atoms with Crippen LogP contribution in [0.2, 0.25) is 0 Å². The molecule has 4 heteroatoms. The lowest BCUT2D eigenvalue weighted by molar-refractivity contribution is -0.119. The van der Waals surface area contributed by atoms with Crippen molar-refractivity contribution in [2.24, 2.45) is 0 Å². The molecule has 1 aliphatic heterocycles. The molecule has 1 fully saturated rings. The Balaban J connectivity index is 1.60. The summed E-state index contributed by atoms with van der Waals surface area (Å²) in [6, 6.07) is 17.1. The number of nitrogens with zero attached hydrogens (tertiary/aromatic N) is 2. The van der Waals surface area contributed by atoms with Gasteiger partial charge in [-0.15, -0.1) is 0 Å². The van der Waals surface area contributed by atoms with E-state index in [1.165, 1.54) is 17.7 Å². The molecule has 0 aliphatic carbocycles. The molecule has 0 saturated carbocycles. The zero-order valence-electron chi connectivity index (χ0n) is 16.1. The maximum Gasteiger partial charge on any atom is 0.227 e. The van der Waals surface area contributed by atoms with Gasteiger partial charge in [-0.2, -0.15) is 0 Å². The first-order valence-electron chi connectivity index (χ1n) is 10.0. The van der Waals surface area contributed by atoms with Gasteiger partial charge in [0.1, 0.15) is 5.82 Å². The van der Waals surface area contributed by atoms with Crippen LogP contribution in [0.25, 0.3) is 0 Å². The van der Waals surface area contributed by atoms with Crippen LogP contribution in [0.5, 0.6) is 0 Å². The molecule has 3 nitrogen and oxygen atoms in total. The number of amides is 1. The number of hydrogen-bond donors (Lipinski definition) is 0. The van der Waals surface area contributed by atoms with E-state index < -0.39 is 0 Å². The predicted octanol–water partition coefficient (Wildman–Crippen LogP) is 4.67. The molecular weight excluding hydrogens is 345 g/mol. The van der Waals surface area contributed by atoms with Crippen LogP contribution < -0.4 is 4.90 Å². The third-order valence-electron chi connectivity index (χ3n) is 5.32. The molecule has 2 aromatic rings. The molecule has 1 aliphatic rings. The number of rotatable bonds is 7. The summed E-state index contributed by atoms with van der Waals surface area (Å²) in [7, 11) is 0. The summed E-state index contributed by atoms with van der Waals surface area (Å²) in [5, 5.41) is 0. The number of anilines is 1. The first-order valence-corrected chi connectivity index (χ1v) is 10.0. The van der Waals surface area contributed by atoms with Crippen LogP contribution in [0.15, 0.2) is 54.6 Å². The molecule has 144 valence electrons. The number of halogens is 1. The molecule has 0 radical (unpaired) electrons. The Labute approximate surface area is 161 Å². The van der Waals surface area contributed by atoms with E-state index in [9.17, 15) is 9.18 Å². The van der Waals surface area contributed by atoms with E-state index in [4.69, 9.17) is 0 Å². The van der Waals surface area contributed by atoms with Crippen LogP contribution in [0.4, 0.5) is 10.1 Å². The lowest BCUT2D eigenvalue weighted by atomic mass is 10.0. The second kappa shape index (κ2) is 9.65. The number of carbonyl (C=O) groups is 1. The van der Waals surface area contributed by atoms with Gasteiger partial charge in [0.2, 0.25) is 5.91 Å². The molecule has 0 aromatic heterocycles. The fraction of sp³-hybridized carbons (Fsp3) is 0.435. The van der Waals surface area contributed by atoms with E-state index in [2.05, 4.69) is 29.2 Å². The lowest BCUT2D eigenvalue weighted by Gasteiger charge is -2.38. The van der Waals surface area contributed by atoms with Crippen molar-refractivity contribution >= 4 is 11.6 Å². The van der Waals surface area contributed by atoms with Crippen molar-refractivity contribution in [3.8, 4) is 0 Å². The summed E-state index contributed by atoms with van der Waals surface area (Å²) in [5.41, 5.74) is 2.18. The van der Waals surface area contributed by atoms with Crippen molar-refractivity contribution < 1.29 is 9.18 Å². The average molecular weight is 374 g/mol. The maximum atomic E-state index is 13.3. The standard InChI is InChI=1S/C23H29FN2O/c1-2-6-23(27)26(21-11-9-20(24)10-12-21)22-14-17-25(18-15-22)16-13-19-7-4-3-5-8-19/h3-5,7-12,22H,2,6,13-18H2,1H3/i3+1,4+1,5+1,7+1,8+1,19+1. The minimum absolute atomic E-state index is 0.145. The Bertz CT molecular complexity index is 709. The highest BCUT2D eigenvalue weighted by Gasteiger charge is 2.28. The van der Waals surface area contributed by atoms with Crippen molar-refractivity contribution in [3.63, 3.8) is 0 Å². The highest BCUT2D eigenvalue weighted by atomic mass is 19.1. The van der Waals surface area contributed by atoms with Gasteiger partial charge in [-0.1, -0.05) is 37.3 Å². The number of hydrogen-bond acceptors (Lipinski definition) is 2. The van der Waals surface area contributed by atoms with Crippen molar-refractivity contribution in [3.05, 3.63) is 66.0 Å². The van der Waals surface area contributed by atoms with Crippen molar-refractivity contribution in [2.75, 3.05) is 24.5 Å². The van der Waals surface area contributed by atoms with Gasteiger partial charge in [-0.25, -0.2) is 4.39 Å². The first-order chi connectivity index (χ1) is 13.2. The summed E-state index contributed by atoms with van der Waals surface area (Å²) in [6.45, 7) is 5.06. The van der Waals surface area contributed by atoms with Crippen molar-refractivity contribution in [1.82, 2.24) is 4.90 Å². The molecular formula is C23H29FN2O. The van der Waals surface area contributed by atoms with Gasteiger partial charge in [0.15, 0.2) is 0 Å². The molecule has 0 bridgehead atoms. The first kappa shape index (κ1) is 19.6. The normalized spacial score (nSPS) is 15.6. The average Bonchev–Trinajstić information content (AvgIpc) is 2.70. The van der Waals surface area contributed by atoms with E-state index in [1.807, 2.05) is 17.9 Å². The number of benzene rings is 2. The molecule has 27 heavy (non-hydrogen) atoms. The smallest absolute Gasteiger partial charge is 0.227 e. The number of piperidine rings is 1. The van der Waals surface area contributed by atoms with E-state index in [0.717, 1.165) is 51.0 Å². The topological polar surface area (TPSA) is 23.6 Å². The van der Waals surface area contributed by atoms with Crippen LogP contribution in [-0.4, -0.2) is 36.5 Å². The quantitative estimate of drug-likeness (QED) is 0.703. The van der Waals surface area contributed by atoms with Crippen LogP contribution >= 0.6 is 0 Å². The minimum atomic E-state index is -0.266. The molecule has 2 aromatic carbocycles. The van der Waals surface area contributed by atoms with Gasteiger partial charge in [0.05, 0.1) is 0 Å². The van der Waals surface area contributed by atoms with E-state index in [1.54, 1.807) is 12.1 Å². The lowest BCUT2D eigenvalue weighted by Crippen LogP contribution is -2.48. The van der Waals surface area contributed by atoms with Crippen LogP contribution in [0.3, 0.4) is 0 Å². The molecule has 0 atom stereocenters. The Morgan fingerprint density at radius 3 is 2.37 bits per heavy atom. The van der Waals surface area contributed by atoms with E-state index in [0.29, 0.717) is 6.42 Å². The summed E-state index contributed by atoms with van der Waals surface area (Å²) < 4.78 is 13.3. The van der Waals surface area contributed by atoms with E-state index >= 15 is 0 Å². The van der Waals surface area contributed by atoms with Crippen LogP contribution in [-0.2, 0) is 11.2 Å². The molecule has 1 amide bonds. The van der Waals surface area contributed by atoms with Gasteiger partial charge in [-0.05, 0) is 55.5 Å². The fourth-order valence-electron chi connectivity index (χ4n) is 3.83. The van der Waals surface area contributed by atoms with Crippen LogP contribution in [0.1, 0.15) is 38.2 Å². The Morgan fingerprint density at radius 1 is 1.07 bits per heavy atom. The zero-order chi connectivity index (χ0) is 19.1. The molecule has 0 N–H and O–H groups in total. The summed E-state index contributed by atoms with van der Waals surface area (Å²) in [4.78, 5) is 17.1. The Kier molecular flexibility index (Phi) is 6.99. The van der Waals surface area contributed by atoms with Crippen LogP contribution in [0, 0.1) is 5.82 Å². The van der Waals surface area contributed by atoms with Gasteiger partial charge in [-0.3, -0.25) is 4.79 Å². The Hall–Kier alpha value is -2.20. The summed E-state index contributed by atoms with van der Waals surface area (Å²) >= 11 is 0. The molecule has 1 saturated heterocycles. The largest absolute Gasteiger partial charge is 0.309 e. The Morgan fingerprint density at radius 2 is 1.74 bits per heavy atom. The maximum absolute atomic E-state index is 13.3. The third kappa shape index (κ3) is 5.39. The monoisotopic (exact) mass is 374 g/mol. The van der Waals surface area contributed by atoms with Gasteiger partial charge < -0.3 is 9.80 Å². The zero-order valence-corrected chi connectivity index (χ0v) is 16.1. The number of carbonyl (C=O) groups excluding carboxylic acids is 1. The fourth-order valence-corrected chi connectivity index (χ4v) is 3.83. The highest BCUT2D eigenvalue weighted by molar-refractivity contribution is 5.93. The highest BCUT2D eigenvalue weighted by Crippen LogP contribution is 2.25. The second-order valence-electron chi connectivity index (χ2n) is 7.30. The molecule has 1 heterocycles. The number of likely N-dealkylation sites (tertiary alicyclic amines) is 1. The van der Waals surface area contributed by atoms with Gasteiger partial charge >= 0.3 is 0 Å². The van der Waals surface area contributed by atoms with Crippen molar-refractivity contribution in [1.29, 1.82) is 0 Å². The summed E-state index contributed by atoms with van der Waals surface area (Å²) in [6.07, 6.45) is 4.34. The molecule has 0 spiro atoms.